The predicted octanol–water partition coefficient (Wildman–Crippen LogP) is 0.820. The third kappa shape index (κ3) is 2.96. The van der Waals surface area contributed by atoms with Crippen LogP contribution in [0.4, 0.5) is 5.69 Å². The van der Waals surface area contributed by atoms with Crippen molar-refractivity contribution in [1.82, 2.24) is 5.32 Å². The van der Waals surface area contributed by atoms with Crippen molar-refractivity contribution in [1.29, 1.82) is 0 Å². The van der Waals surface area contributed by atoms with Gasteiger partial charge in [0.2, 0.25) is 0 Å². The van der Waals surface area contributed by atoms with E-state index in [1.807, 2.05) is 0 Å². The minimum Gasteiger partial charge on any atom is -0.348 e. The summed E-state index contributed by atoms with van der Waals surface area (Å²) in [5.74, 6) is -0.494. The van der Waals surface area contributed by atoms with E-state index in [-0.39, 0.29) is 28.3 Å². The Bertz CT molecular complexity index is 668. The molecular weight excluding hydrogens is 284 g/mol. The maximum Gasteiger partial charge on any atom is 0.273 e. The molecule has 20 heavy (non-hydrogen) atoms. The first-order chi connectivity index (χ1) is 9.30. The maximum atomic E-state index is 12.1. The molecule has 1 aliphatic rings. The minimum absolute atomic E-state index is 0.0614. The van der Waals surface area contributed by atoms with Gasteiger partial charge in [-0.1, -0.05) is 6.07 Å². The third-order valence-corrected chi connectivity index (χ3v) is 5.08. The average Bonchev–Trinajstić information content (AvgIpc) is 2.68. The average molecular weight is 298 g/mol. The molecule has 0 spiro atoms. The van der Waals surface area contributed by atoms with E-state index >= 15 is 0 Å². The Morgan fingerprint density at radius 3 is 2.70 bits per heavy atom. The van der Waals surface area contributed by atoms with E-state index < -0.39 is 26.7 Å². The second-order valence-electron chi connectivity index (χ2n) is 4.78. The molecule has 108 valence electrons. The number of amides is 1. The molecule has 1 aromatic rings. The van der Waals surface area contributed by atoms with Crippen molar-refractivity contribution in [2.45, 2.75) is 19.4 Å². The largest absolute Gasteiger partial charge is 0.348 e. The van der Waals surface area contributed by atoms with Crippen LogP contribution in [0.3, 0.4) is 0 Å². The van der Waals surface area contributed by atoms with E-state index in [1.165, 1.54) is 25.1 Å². The number of nitro groups is 1. The van der Waals surface area contributed by atoms with Gasteiger partial charge in [0.1, 0.15) is 0 Å². The first-order valence-corrected chi connectivity index (χ1v) is 7.87. The van der Waals surface area contributed by atoms with E-state index in [9.17, 15) is 23.3 Å². The highest BCUT2D eigenvalue weighted by atomic mass is 32.2. The highest BCUT2D eigenvalue weighted by Gasteiger charge is 2.29. The Hall–Kier alpha value is -1.96. The molecule has 0 saturated carbocycles. The minimum atomic E-state index is -3.08. The number of rotatable bonds is 3. The predicted molar refractivity (Wildman–Crippen MR) is 72.4 cm³/mol. The first kappa shape index (κ1) is 14.4. The number of nitrogens with one attached hydrogen (secondary N) is 1. The monoisotopic (exact) mass is 298 g/mol. The molecule has 1 N–H and O–H groups in total. The fraction of sp³-hybridized carbons (Fsp3) is 0.417. The van der Waals surface area contributed by atoms with Gasteiger partial charge in [-0.2, -0.15) is 0 Å². The van der Waals surface area contributed by atoms with Crippen molar-refractivity contribution in [2.24, 2.45) is 0 Å². The molecule has 1 aliphatic heterocycles. The topological polar surface area (TPSA) is 106 Å². The summed E-state index contributed by atoms with van der Waals surface area (Å²) < 4.78 is 22.7. The van der Waals surface area contributed by atoms with Gasteiger partial charge in [-0.15, -0.1) is 0 Å². The summed E-state index contributed by atoms with van der Waals surface area (Å²) in [4.78, 5) is 22.4. The van der Waals surface area contributed by atoms with Crippen LogP contribution in [-0.2, 0) is 9.84 Å². The van der Waals surface area contributed by atoms with Gasteiger partial charge in [0.25, 0.3) is 11.6 Å². The standard InChI is InChI=1S/C12H14N2O5S/c1-8-10(3-2-4-11(8)14(16)17)12(15)13-9-5-6-20(18,19)7-9/h2-4,9H,5-7H2,1H3,(H,13,15). The fourth-order valence-corrected chi connectivity index (χ4v) is 3.91. The van der Waals surface area contributed by atoms with Gasteiger partial charge in [0.15, 0.2) is 9.84 Å². The lowest BCUT2D eigenvalue weighted by Gasteiger charge is -2.12. The van der Waals surface area contributed by atoms with Gasteiger partial charge in [-0.25, -0.2) is 8.42 Å². The molecule has 8 heteroatoms. The zero-order chi connectivity index (χ0) is 14.9. The van der Waals surface area contributed by atoms with E-state index in [0.717, 1.165) is 0 Å². The molecule has 0 aromatic heterocycles. The Morgan fingerprint density at radius 2 is 2.15 bits per heavy atom. The van der Waals surface area contributed by atoms with E-state index in [4.69, 9.17) is 0 Å². The van der Waals surface area contributed by atoms with Crippen LogP contribution < -0.4 is 5.32 Å². The number of nitrogens with zero attached hydrogens (tertiary/aromatic N) is 1. The van der Waals surface area contributed by atoms with Crippen molar-refractivity contribution in [2.75, 3.05) is 11.5 Å². The molecule has 7 nitrogen and oxygen atoms in total. The summed E-state index contributed by atoms with van der Waals surface area (Å²) in [6.07, 6.45) is 0.377. The third-order valence-electron chi connectivity index (χ3n) is 3.31. The van der Waals surface area contributed by atoms with Gasteiger partial charge in [0, 0.05) is 23.2 Å². The number of hydrogen-bond acceptors (Lipinski definition) is 5. The number of benzene rings is 1. The molecule has 1 fully saturated rings. The molecule has 1 heterocycles. The van der Waals surface area contributed by atoms with E-state index in [0.29, 0.717) is 6.42 Å². The zero-order valence-corrected chi connectivity index (χ0v) is 11.6. The quantitative estimate of drug-likeness (QED) is 0.656. The van der Waals surface area contributed by atoms with Gasteiger partial charge in [-0.05, 0) is 19.4 Å². The highest BCUT2D eigenvalue weighted by molar-refractivity contribution is 7.91. The summed E-state index contributed by atoms with van der Waals surface area (Å²) in [6.45, 7) is 1.50. The van der Waals surface area contributed by atoms with Gasteiger partial charge in [-0.3, -0.25) is 14.9 Å². The summed E-state index contributed by atoms with van der Waals surface area (Å²) in [6, 6.07) is 3.82. The molecule has 1 saturated heterocycles. The summed E-state index contributed by atoms with van der Waals surface area (Å²) in [7, 11) is -3.08. The number of hydrogen-bond donors (Lipinski definition) is 1. The van der Waals surface area contributed by atoms with Crippen molar-refractivity contribution in [3.8, 4) is 0 Å². The second-order valence-corrected chi connectivity index (χ2v) is 7.01. The van der Waals surface area contributed by atoms with Crippen LogP contribution in [0.1, 0.15) is 22.3 Å². The van der Waals surface area contributed by atoms with Gasteiger partial charge in [0.05, 0.1) is 16.4 Å². The maximum absolute atomic E-state index is 12.1. The molecule has 0 aliphatic carbocycles. The van der Waals surface area contributed by atoms with Gasteiger partial charge >= 0.3 is 0 Å². The van der Waals surface area contributed by atoms with Crippen molar-refractivity contribution < 1.29 is 18.1 Å². The smallest absolute Gasteiger partial charge is 0.273 e. The highest BCUT2D eigenvalue weighted by Crippen LogP contribution is 2.21. The Kier molecular flexibility index (Phi) is 3.76. The molecule has 1 unspecified atom stereocenters. The molecule has 1 atom stereocenters. The van der Waals surface area contributed by atoms with Crippen molar-refractivity contribution >= 4 is 21.4 Å². The van der Waals surface area contributed by atoms with Crippen LogP contribution in [0.5, 0.6) is 0 Å². The Morgan fingerprint density at radius 1 is 1.45 bits per heavy atom. The Balaban J connectivity index is 2.18. The molecule has 0 radical (unpaired) electrons. The first-order valence-electron chi connectivity index (χ1n) is 6.05. The lowest BCUT2D eigenvalue weighted by molar-refractivity contribution is -0.385. The van der Waals surface area contributed by atoms with Crippen LogP contribution in [0.25, 0.3) is 0 Å². The Labute approximate surface area is 116 Å². The molecular formula is C12H14N2O5S. The lowest BCUT2D eigenvalue weighted by atomic mass is 10.1. The summed E-state index contributed by atoms with van der Waals surface area (Å²) in [5, 5.41) is 13.4. The second kappa shape index (κ2) is 5.20. The fourth-order valence-electron chi connectivity index (χ4n) is 2.24. The molecule has 2 rings (SSSR count). The van der Waals surface area contributed by atoms with E-state index in [2.05, 4.69) is 5.32 Å². The molecule has 0 bridgehead atoms. The molecule has 1 amide bonds. The van der Waals surface area contributed by atoms with Crippen LogP contribution >= 0.6 is 0 Å². The van der Waals surface area contributed by atoms with Gasteiger partial charge < -0.3 is 5.32 Å². The normalized spacial score (nSPS) is 20.6. The molecule has 1 aromatic carbocycles. The van der Waals surface area contributed by atoms with Crippen LogP contribution in [0.15, 0.2) is 18.2 Å². The van der Waals surface area contributed by atoms with Crippen molar-refractivity contribution in [3.05, 3.63) is 39.4 Å². The summed E-state index contributed by atoms with van der Waals surface area (Å²) >= 11 is 0. The number of sulfone groups is 1. The van der Waals surface area contributed by atoms with E-state index in [1.54, 1.807) is 0 Å². The van der Waals surface area contributed by atoms with Crippen molar-refractivity contribution in [3.63, 3.8) is 0 Å². The van der Waals surface area contributed by atoms with Crippen LogP contribution in [0, 0.1) is 17.0 Å². The van der Waals surface area contributed by atoms with Crippen LogP contribution in [-0.4, -0.2) is 36.8 Å². The number of nitro benzene ring substituents is 1. The number of carbonyl (C=O) groups excluding carboxylic acids is 1. The zero-order valence-electron chi connectivity index (χ0n) is 10.8. The SMILES string of the molecule is Cc1c(C(=O)NC2CCS(=O)(=O)C2)cccc1[N+](=O)[O-]. The lowest BCUT2D eigenvalue weighted by Crippen LogP contribution is -2.36. The van der Waals surface area contributed by atoms with Crippen LogP contribution in [0.2, 0.25) is 0 Å². The number of carbonyl (C=O) groups is 1. The summed E-state index contributed by atoms with van der Waals surface area (Å²) in [5.41, 5.74) is 0.344.